The van der Waals surface area contributed by atoms with Gasteiger partial charge in [0.2, 0.25) is 10.0 Å². The molecule has 0 saturated carbocycles. The Morgan fingerprint density at radius 1 is 1.18 bits per heavy atom. The Morgan fingerprint density at radius 2 is 2.00 bits per heavy atom. The highest BCUT2D eigenvalue weighted by Gasteiger charge is 2.21. The van der Waals surface area contributed by atoms with Crippen molar-refractivity contribution in [3.8, 4) is 11.3 Å². The lowest BCUT2D eigenvalue weighted by Crippen LogP contribution is -2.43. The third-order valence-electron chi connectivity index (χ3n) is 5.44. The largest absolute Gasteiger partial charge is 0.397 e. The summed E-state index contributed by atoms with van der Waals surface area (Å²) in [5, 5.41) is 8.08. The van der Waals surface area contributed by atoms with Crippen LogP contribution < -0.4 is 26.8 Å². The molecule has 172 valence electrons. The van der Waals surface area contributed by atoms with Crippen molar-refractivity contribution in [2.24, 2.45) is 10.9 Å². The first-order valence-corrected chi connectivity index (χ1v) is 11.9. The zero-order valence-electron chi connectivity index (χ0n) is 17.8. The molecule has 7 N–H and O–H groups in total. The summed E-state index contributed by atoms with van der Waals surface area (Å²) in [6, 6.07) is 11.1. The van der Waals surface area contributed by atoms with Crippen LogP contribution in [0.1, 0.15) is 23.3 Å². The quantitative estimate of drug-likeness (QED) is 0.438. The van der Waals surface area contributed by atoms with E-state index < -0.39 is 15.9 Å². The van der Waals surface area contributed by atoms with Gasteiger partial charge in [0.1, 0.15) is 0 Å². The molecule has 4 rings (SSSR count). The number of primary sulfonamides is 1. The van der Waals surface area contributed by atoms with Crippen molar-refractivity contribution in [2.45, 2.75) is 23.8 Å². The van der Waals surface area contributed by atoms with Gasteiger partial charge in [-0.25, -0.2) is 18.5 Å². The Kier molecular flexibility index (Phi) is 6.27. The molecule has 33 heavy (non-hydrogen) atoms. The van der Waals surface area contributed by atoms with Crippen LogP contribution in [0.25, 0.3) is 11.3 Å². The van der Waals surface area contributed by atoms with Gasteiger partial charge in [-0.1, -0.05) is 12.1 Å². The number of pyridine rings is 2. The van der Waals surface area contributed by atoms with Gasteiger partial charge in [0.15, 0.2) is 5.69 Å². The van der Waals surface area contributed by atoms with E-state index in [0.717, 1.165) is 25.1 Å². The highest BCUT2D eigenvalue weighted by atomic mass is 32.2. The summed E-state index contributed by atoms with van der Waals surface area (Å²) in [6.07, 6.45) is 5.16. The van der Waals surface area contributed by atoms with Crippen LogP contribution in [0.5, 0.6) is 0 Å². The lowest BCUT2D eigenvalue weighted by atomic mass is 10.1. The number of carbonyl (C=O) groups excluding carboxylic acids is 1. The number of amides is 1. The number of carbonyl (C=O) groups is 1. The highest BCUT2D eigenvalue weighted by Crippen LogP contribution is 2.29. The van der Waals surface area contributed by atoms with E-state index in [-0.39, 0.29) is 22.3 Å². The molecule has 1 aliphatic rings. The van der Waals surface area contributed by atoms with Crippen molar-refractivity contribution in [1.29, 1.82) is 0 Å². The molecular weight excluding hydrogens is 442 g/mol. The third kappa shape index (κ3) is 5.11. The number of benzene rings is 1. The second kappa shape index (κ2) is 9.14. The Labute approximate surface area is 191 Å². The molecular formula is C22H25N7O3S. The molecule has 1 saturated heterocycles. The lowest BCUT2D eigenvalue weighted by molar-refractivity contribution is 0.102. The van der Waals surface area contributed by atoms with E-state index in [1.807, 2.05) is 6.07 Å². The molecule has 1 atom stereocenters. The maximum atomic E-state index is 13.1. The molecule has 1 unspecified atom stereocenters. The van der Waals surface area contributed by atoms with Crippen LogP contribution in [0, 0.1) is 0 Å². The second-order valence-electron chi connectivity index (χ2n) is 7.90. The fraction of sp³-hybridized carbons (Fsp3) is 0.227. The van der Waals surface area contributed by atoms with E-state index in [4.69, 9.17) is 16.6 Å². The van der Waals surface area contributed by atoms with Gasteiger partial charge in [-0.15, -0.1) is 0 Å². The molecule has 0 radical (unpaired) electrons. The van der Waals surface area contributed by atoms with Gasteiger partial charge in [-0.05, 0) is 43.2 Å². The number of rotatable bonds is 5. The summed E-state index contributed by atoms with van der Waals surface area (Å²) < 4.78 is 23.4. The summed E-state index contributed by atoms with van der Waals surface area (Å²) >= 11 is 0. The first kappa shape index (κ1) is 22.6. The normalized spacial score (nSPS) is 16.4. The number of nitrogen functional groups attached to an aromatic ring is 1. The van der Waals surface area contributed by atoms with Crippen molar-refractivity contribution in [1.82, 2.24) is 9.97 Å². The number of sulfonamides is 1. The third-order valence-corrected chi connectivity index (χ3v) is 6.36. The molecule has 2 aromatic heterocycles. The van der Waals surface area contributed by atoms with Gasteiger partial charge in [0.05, 0.1) is 33.8 Å². The number of hydrogen-bond donors (Lipinski definition) is 4. The summed E-state index contributed by atoms with van der Waals surface area (Å²) in [4.78, 5) is 23.7. The van der Waals surface area contributed by atoms with Gasteiger partial charge in [0, 0.05) is 30.9 Å². The number of anilines is 3. The van der Waals surface area contributed by atoms with E-state index in [0.29, 0.717) is 23.5 Å². The molecule has 1 aliphatic heterocycles. The minimum atomic E-state index is -3.88. The summed E-state index contributed by atoms with van der Waals surface area (Å²) in [6.45, 7) is 1.51. The fourth-order valence-corrected chi connectivity index (χ4v) is 4.37. The van der Waals surface area contributed by atoms with Crippen LogP contribution in [0.15, 0.2) is 59.8 Å². The molecule has 0 spiro atoms. The maximum Gasteiger partial charge on any atom is 0.276 e. The number of aromatic nitrogens is 2. The van der Waals surface area contributed by atoms with Gasteiger partial charge in [0.25, 0.3) is 5.91 Å². The lowest BCUT2D eigenvalue weighted by Gasteiger charge is -2.33. The zero-order valence-corrected chi connectivity index (χ0v) is 18.6. The van der Waals surface area contributed by atoms with Gasteiger partial charge in [-0.3, -0.25) is 9.78 Å². The first-order chi connectivity index (χ1) is 15.7. The van der Waals surface area contributed by atoms with E-state index in [9.17, 15) is 13.2 Å². The highest BCUT2D eigenvalue weighted by molar-refractivity contribution is 7.89. The zero-order chi connectivity index (χ0) is 23.6. The van der Waals surface area contributed by atoms with E-state index >= 15 is 0 Å². The Bertz CT molecular complexity index is 1300. The Hall–Kier alpha value is -3.54. The smallest absolute Gasteiger partial charge is 0.276 e. The van der Waals surface area contributed by atoms with Crippen LogP contribution >= 0.6 is 0 Å². The van der Waals surface area contributed by atoms with E-state index in [1.165, 1.54) is 12.1 Å². The van der Waals surface area contributed by atoms with E-state index in [2.05, 4.69) is 20.2 Å². The molecule has 0 aliphatic carbocycles. The van der Waals surface area contributed by atoms with Crippen molar-refractivity contribution in [2.75, 3.05) is 29.0 Å². The van der Waals surface area contributed by atoms with Gasteiger partial charge >= 0.3 is 0 Å². The van der Waals surface area contributed by atoms with Gasteiger partial charge < -0.3 is 21.7 Å². The minimum absolute atomic E-state index is 0.0126. The van der Waals surface area contributed by atoms with Gasteiger partial charge in [-0.2, -0.15) is 0 Å². The van der Waals surface area contributed by atoms with Crippen molar-refractivity contribution in [3.63, 3.8) is 0 Å². The number of hydrogen-bond acceptors (Lipinski definition) is 8. The van der Waals surface area contributed by atoms with Crippen LogP contribution in [-0.4, -0.2) is 43.4 Å². The monoisotopic (exact) mass is 467 g/mol. The second-order valence-corrected chi connectivity index (χ2v) is 9.46. The predicted octanol–water partition coefficient (Wildman–Crippen LogP) is 1.55. The van der Waals surface area contributed by atoms with Crippen LogP contribution in [0.4, 0.5) is 17.1 Å². The standard InChI is InChI=1S/C22H25N7O3S/c23-15-4-2-10-29(13-15)20-8-9-26-12-19(20)28-22(30)21-17(24)6-7-18(27-21)14-3-1-5-16(11-14)33(25,31)32/h1,3,5-9,11-12,15H,2,4,10,13,23-24H2,(H,28,30)(H2,25,31,32). The molecule has 3 heterocycles. The average molecular weight is 468 g/mol. The fourth-order valence-electron chi connectivity index (χ4n) is 3.81. The number of nitrogens with zero attached hydrogens (tertiary/aromatic N) is 3. The summed E-state index contributed by atoms with van der Waals surface area (Å²) in [7, 11) is -3.88. The van der Waals surface area contributed by atoms with Crippen LogP contribution in [-0.2, 0) is 10.0 Å². The average Bonchev–Trinajstić information content (AvgIpc) is 2.79. The van der Waals surface area contributed by atoms with Crippen LogP contribution in [0.3, 0.4) is 0 Å². The maximum absolute atomic E-state index is 13.1. The molecule has 10 nitrogen and oxygen atoms in total. The first-order valence-electron chi connectivity index (χ1n) is 10.4. The molecule has 3 aromatic rings. The predicted molar refractivity (Wildman–Crippen MR) is 127 cm³/mol. The number of piperidine rings is 1. The molecule has 1 fully saturated rings. The summed E-state index contributed by atoms with van der Waals surface area (Å²) in [5.41, 5.74) is 14.6. The molecule has 1 aromatic carbocycles. The molecule has 1 amide bonds. The van der Waals surface area contributed by atoms with Crippen molar-refractivity contribution in [3.05, 3.63) is 60.6 Å². The Morgan fingerprint density at radius 3 is 2.76 bits per heavy atom. The molecule has 11 heteroatoms. The van der Waals surface area contributed by atoms with Crippen molar-refractivity contribution >= 4 is 33.0 Å². The van der Waals surface area contributed by atoms with E-state index in [1.54, 1.807) is 36.7 Å². The Balaban J connectivity index is 1.63. The molecule has 0 bridgehead atoms. The number of nitrogens with two attached hydrogens (primary N) is 3. The topological polar surface area (TPSA) is 170 Å². The minimum Gasteiger partial charge on any atom is -0.397 e. The van der Waals surface area contributed by atoms with Crippen LogP contribution in [0.2, 0.25) is 0 Å². The van der Waals surface area contributed by atoms with Crippen molar-refractivity contribution < 1.29 is 13.2 Å². The SMILES string of the molecule is Nc1ccc(-c2cccc(S(N)(=O)=O)c2)nc1C(=O)Nc1cnccc1N1CCCC(N)C1. The summed E-state index contributed by atoms with van der Waals surface area (Å²) in [5.74, 6) is -0.507. The number of nitrogens with one attached hydrogen (secondary N) is 1.